The second kappa shape index (κ2) is 17.6. The van der Waals surface area contributed by atoms with Crippen molar-refractivity contribution in [1.29, 1.82) is 0 Å². The number of pyridine rings is 1. The first kappa shape index (κ1) is 36.3. The van der Waals surface area contributed by atoms with E-state index < -0.39 is 0 Å². The minimum absolute atomic E-state index is 0.0967. The van der Waals surface area contributed by atoms with E-state index >= 15 is 0 Å². The molecule has 1 unspecified atom stereocenters. The van der Waals surface area contributed by atoms with E-state index in [1.165, 1.54) is 55.2 Å². The van der Waals surface area contributed by atoms with Gasteiger partial charge in [-0.25, -0.2) is 0 Å². The average molecular weight is 670 g/mol. The van der Waals surface area contributed by atoms with Gasteiger partial charge in [0.1, 0.15) is 0 Å². The lowest BCUT2D eigenvalue weighted by Crippen LogP contribution is -2.09. The summed E-state index contributed by atoms with van der Waals surface area (Å²) < 4.78 is 0. The highest BCUT2D eigenvalue weighted by atomic mass is 35.5. The second-order valence-corrected chi connectivity index (χ2v) is 14.2. The van der Waals surface area contributed by atoms with E-state index in [0.29, 0.717) is 22.9 Å². The van der Waals surface area contributed by atoms with Crippen LogP contribution in [-0.4, -0.2) is 10.8 Å². The summed E-state index contributed by atoms with van der Waals surface area (Å²) in [5.41, 5.74) is 10.6. The van der Waals surface area contributed by atoms with Crippen LogP contribution in [0.1, 0.15) is 108 Å². The number of hydrogen-bond donors (Lipinski definition) is 0. The maximum Gasteiger partial charge on any atom is 0.164 e. The second-order valence-electron chi connectivity index (χ2n) is 13.7. The number of Topliss-reactive ketones (excluding diaryl/α,β-unsaturated/α-hetero) is 1. The summed E-state index contributed by atoms with van der Waals surface area (Å²) in [6.07, 6.45) is 19.2. The summed E-state index contributed by atoms with van der Waals surface area (Å²) in [7, 11) is 0. The molecule has 1 atom stereocenters. The van der Waals surface area contributed by atoms with Gasteiger partial charge >= 0.3 is 0 Å². The van der Waals surface area contributed by atoms with Crippen LogP contribution in [0.15, 0.2) is 121 Å². The Kier molecular flexibility index (Phi) is 13.0. The first-order chi connectivity index (χ1) is 23.8. The van der Waals surface area contributed by atoms with Crippen molar-refractivity contribution in [3.05, 3.63) is 142 Å². The number of carbonyl (C=O) groups is 1. The highest BCUT2D eigenvalue weighted by molar-refractivity contribution is 6.35. The molecule has 3 heteroatoms. The molecule has 5 rings (SSSR count). The van der Waals surface area contributed by atoms with Gasteiger partial charge in [0.05, 0.1) is 5.52 Å². The zero-order chi connectivity index (χ0) is 34.8. The smallest absolute Gasteiger partial charge is 0.164 e. The number of allylic oxidation sites excluding steroid dienone is 7. The van der Waals surface area contributed by atoms with Crippen molar-refractivity contribution in [1.82, 2.24) is 4.98 Å². The number of benzene rings is 3. The molecule has 49 heavy (non-hydrogen) atoms. The minimum atomic E-state index is 0.0967. The Morgan fingerprint density at radius 2 is 1.71 bits per heavy atom. The summed E-state index contributed by atoms with van der Waals surface area (Å²) in [4.78, 5) is 18.2. The maximum absolute atomic E-state index is 13.7. The van der Waals surface area contributed by atoms with Crippen LogP contribution in [0.5, 0.6) is 0 Å². The molecule has 3 aromatic carbocycles. The number of nitrogens with zero attached hydrogens (tertiary/aromatic N) is 1. The fourth-order valence-electron chi connectivity index (χ4n) is 7.04. The molecule has 0 bridgehead atoms. The minimum Gasteiger partial charge on any atom is -0.294 e. The van der Waals surface area contributed by atoms with Crippen molar-refractivity contribution in [2.24, 2.45) is 5.92 Å². The van der Waals surface area contributed by atoms with Crippen molar-refractivity contribution >= 4 is 33.9 Å². The summed E-state index contributed by atoms with van der Waals surface area (Å²) in [6, 6.07) is 25.6. The topological polar surface area (TPSA) is 30.0 Å². The lowest BCUT2D eigenvalue weighted by Gasteiger charge is -2.17. The van der Waals surface area contributed by atoms with Crippen LogP contribution >= 0.6 is 11.6 Å². The molecule has 1 aromatic heterocycles. The first-order valence-electron chi connectivity index (χ1n) is 18.4. The lowest BCUT2D eigenvalue weighted by molar-refractivity contribution is -0.114. The van der Waals surface area contributed by atoms with E-state index in [1.807, 2.05) is 42.6 Å². The number of aryl methyl sites for hydroxylation is 1. The zero-order valence-electron chi connectivity index (χ0n) is 29.9. The number of hydrogen-bond acceptors (Lipinski definition) is 2. The normalized spacial score (nSPS) is 16.4. The molecule has 254 valence electrons. The van der Waals surface area contributed by atoms with E-state index in [2.05, 4.69) is 93.9 Å². The van der Waals surface area contributed by atoms with Gasteiger partial charge < -0.3 is 0 Å². The first-order valence-corrected chi connectivity index (χ1v) is 18.7. The van der Waals surface area contributed by atoms with Crippen LogP contribution in [0, 0.1) is 5.92 Å². The molecule has 0 spiro atoms. The van der Waals surface area contributed by atoms with Gasteiger partial charge in [0, 0.05) is 34.2 Å². The van der Waals surface area contributed by atoms with E-state index in [1.54, 1.807) is 0 Å². The Morgan fingerprint density at radius 3 is 2.41 bits per heavy atom. The van der Waals surface area contributed by atoms with Crippen LogP contribution < -0.4 is 0 Å². The van der Waals surface area contributed by atoms with Crippen molar-refractivity contribution in [3.8, 4) is 11.1 Å². The van der Waals surface area contributed by atoms with Gasteiger partial charge in [0.15, 0.2) is 5.78 Å². The summed E-state index contributed by atoms with van der Waals surface area (Å²) in [5.74, 6) is 0.886. The largest absolute Gasteiger partial charge is 0.294 e. The van der Waals surface area contributed by atoms with Crippen molar-refractivity contribution in [2.45, 2.75) is 97.8 Å². The Balaban J connectivity index is 1.35. The summed E-state index contributed by atoms with van der Waals surface area (Å²) in [5, 5.41) is 1.64. The monoisotopic (exact) mass is 669 g/mol. The summed E-state index contributed by atoms with van der Waals surface area (Å²) >= 11 is 6.97. The van der Waals surface area contributed by atoms with Crippen LogP contribution in [0.4, 0.5) is 0 Å². The maximum atomic E-state index is 13.7. The molecular formula is C46H52ClNO. The van der Waals surface area contributed by atoms with Gasteiger partial charge in [0.25, 0.3) is 0 Å². The average Bonchev–Trinajstić information content (AvgIpc) is 3.24. The number of aromatic nitrogens is 1. The van der Waals surface area contributed by atoms with Crippen LogP contribution in [-0.2, 0) is 11.2 Å². The highest BCUT2D eigenvalue weighted by Gasteiger charge is 2.26. The fraction of sp³-hybridized carbons (Fsp3) is 0.348. The van der Waals surface area contributed by atoms with E-state index in [4.69, 9.17) is 11.6 Å². The number of rotatable bonds is 14. The third kappa shape index (κ3) is 9.17. The molecule has 1 aliphatic carbocycles. The molecule has 0 aliphatic heterocycles. The van der Waals surface area contributed by atoms with Crippen LogP contribution in [0.2, 0.25) is 5.02 Å². The quantitative estimate of drug-likeness (QED) is 0.134. The SMILES string of the molecule is C=C1C(=CC=C(C)CCc2ccc(C(CCCC)CCCC)cc2)C=C(c2ccc(-c3cccc4ncccc34)cc2Cl)C(=O)CC1CC. The van der Waals surface area contributed by atoms with Crippen LogP contribution in [0.3, 0.4) is 0 Å². The van der Waals surface area contributed by atoms with Crippen molar-refractivity contribution in [3.63, 3.8) is 0 Å². The molecule has 0 amide bonds. The van der Waals surface area contributed by atoms with E-state index in [9.17, 15) is 4.79 Å². The van der Waals surface area contributed by atoms with Gasteiger partial charge in [-0.3, -0.25) is 9.78 Å². The molecule has 0 N–H and O–H groups in total. The van der Waals surface area contributed by atoms with Crippen molar-refractivity contribution < 1.29 is 4.79 Å². The third-order valence-electron chi connectivity index (χ3n) is 10.2. The predicted octanol–water partition coefficient (Wildman–Crippen LogP) is 13.5. The Labute approximate surface area is 299 Å². The molecule has 1 aliphatic rings. The molecule has 4 aromatic rings. The fourth-order valence-corrected chi connectivity index (χ4v) is 7.33. The molecular weight excluding hydrogens is 618 g/mol. The van der Waals surface area contributed by atoms with Crippen LogP contribution in [0.25, 0.3) is 27.6 Å². The Bertz CT molecular complexity index is 1840. The molecule has 0 saturated carbocycles. The zero-order valence-corrected chi connectivity index (χ0v) is 30.7. The van der Waals surface area contributed by atoms with Gasteiger partial charge in [0.2, 0.25) is 0 Å². The number of carbonyl (C=O) groups excluding carboxylic acids is 1. The molecule has 2 nitrogen and oxygen atoms in total. The Hall–Kier alpha value is -4.01. The predicted molar refractivity (Wildman–Crippen MR) is 211 cm³/mol. The number of halogens is 1. The van der Waals surface area contributed by atoms with Crippen molar-refractivity contribution in [2.75, 3.05) is 0 Å². The van der Waals surface area contributed by atoms with Gasteiger partial charge in [-0.2, -0.15) is 0 Å². The highest BCUT2D eigenvalue weighted by Crippen LogP contribution is 2.38. The summed E-state index contributed by atoms with van der Waals surface area (Å²) in [6.45, 7) is 13.4. The number of fused-ring (bicyclic) bond motifs is 1. The standard InChI is InChI=1S/C46H52ClNO/c1-6-9-13-36(14-10-7-2)37-24-21-34(22-25-37)20-18-32(4)19-23-38-29-43(46(49)31-35(8-3)33(38)5)41-27-26-39(30-44(41)47)40-15-11-17-45-42(40)16-12-28-48-45/h11-12,15-17,19,21-30,35-36H,5-10,13-14,18,20,31H2,1-4H3. The van der Waals surface area contributed by atoms with E-state index in [-0.39, 0.29) is 11.7 Å². The van der Waals surface area contributed by atoms with Gasteiger partial charge in [-0.05, 0) is 109 Å². The van der Waals surface area contributed by atoms with E-state index in [0.717, 1.165) is 58.0 Å². The molecule has 1 heterocycles. The third-order valence-corrected chi connectivity index (χ3v) is 10.5. The Morgan fingerprint density at radius 1 is 0.959 bits per heavy atom. The van der Waals surface area contributed by atoms with Gasteiger partial charge in [-0.15, -0.1) is 0 Å². The molecule has 0 fully saturated rings. The lowest BCUT2D eigenvalue weighted by atomic mass is 9.88. The molecule has 0 saturated heterocycles. The number of ketones is 1. The van der Waals surface area contributed by atoms with Gasteiger partial charge in [-0.1, -0.05) is 137 Å². The number of unbranched alkanes of at least 4 members (excludes halogenated alkanes) is 2. The molecule has 0 radical (unpaired) electrons.